The van der Waals surface area contributed by atoms with Gasteiger partial charge < -0.3 is 15.7 Å². The van der Waals surface area contributed by atoms with Crippen molar-refractivity contribution >= 4 is 87.3 Å². The van der Waals surface area contributed by atoms with Crippen molar-refractivity contribution in [2.45, 2.75) is 30.9 Å². The molecule has 0 heterocycles. The van der Waals surface area contributed by atoms with Crippen LogP contribution in [0.3, 0.4) is 0 Å². The predicted molar refractivity (Wildman–Crippen MR) is 148 cm³/mol. The lowest BCUT2D eigenvalue weighted by Gasteiger charge is -2.15. The fourth-order valence-corrected chi connectivity index (χ4v) is 5.15. The summed E-state index contributed by atoms with van der Waals surface area (Å²) in [6.07, 6.45) is 0. The number of aromatic carboxylic acids is 1. The van der Waals surface area contributed by atoms with Gasteiger partial charge in [0.1, 0.15) is 0 Å². The maximum atomic E-state index is 13.0. The highest BCUT2D eigenvalue weighted by Crippen LogP contribution is 2.42. The second kappa shape index (κ2) is 11.8. The standard InChI is InChI=1S/C25H20Cl4N2O4S/c1-11-7-8-15(9-12(11)2)30-23(32)13(3)36-16-6-4-5-14(10-16)31-24(33)17-18(25(34)35)20(27)22(29)21(28)19(17)26/h4-10,13H,1-3H3,(H,30,32)(H,31,33)(H,34,35). The van der Waals surface area contributed by atoms with Gasteiger partial charge in [-0.3, -0.25) is 9.59 Å². The average Bonchev–Trinajstić information content (AvgIpc) is 2.82. The highest BCUT2D eigenvalue weighted by atomic mass is 35.5. The molecule has 188 valence electrons. The van der Waals surface area contributed by atoms with Crippen LogP contribution in [-0.2, 0) is 4.79 Å². The van der Waals surface area contributed by atoms with Crippen molar-refractivity contribution in [2.24, 2.45) is 0 Å². The third kappa shape index (κ3) is 6.28. The molecule has 6 nitrogen and oxygen atoms in total. The number of carbonyl (C=O) groups is 3. The van der Waals surface area contributed by atoms with Gasteiger partial charge in [0.15, 0.2) is 0 Å². The molecule has 0 aromatic heterocycles. The number of carbonyl (C=O) groups excluding carboxylic acids is 2. The largest absolute Gasteiger partial charge is 0.478 e. The number of amides is 2. The number of aryl methyl sites for hydroxylation is 2. The predicted octanol–water partition coefficient (Wildman–Crippen LogP) is 7.99. The van der Waals surface area contributed by atoms with E-state index in [4.69, 9.17) is 46.4 Å². The van der Waals surface area contributed by atoms with Crippen LogP contribution in [0.25, 0.3) is 0 Å². The van der Waals surface area contributed by atoms with Crippen LogP contribution >= 0.6 is 58.2 Å². The van der Waals surface area contributed by atoms with Crippen molar-refractivity contribution in [3.05, 3.63) is 84.8 Å². The summed E-state index contributed by atoms with van der Waals surface area (Å²) >= 11 is 25.5. The van der Waals surface area contributed by atoms with Crippen LogP contribution < -0.4 is 10.6 Å². The third-order valence-corrected chi connectivity index (χ3v) is 8.15. The minimum Gasteiger partial charge on any atom is -0.478 e. The molecule has 0 aliphatic carbocycles. The Morgan fingerprint density at radius 1 is 0.806 bits per heavy atom. The second-order valence-electron chi connectivity index (χ2n) is 7.84. The fraction of sp³-hybridized carbons (Fsp3) is 0.160. The van der Waals surface area contributed by atoms with E-state index in [1.807, 2.05) is 32.0 Å². The Labute approximate surface area is 232 Å². The smallest absolute Gasteiger partial charge is 0.338 e. The summed E-state index contributed by atoms with van der Waals surface area (Å²) in [6, 6.07) is 12.4. The minimum absolute atomic E-state index is 0.180. The van der Waals surface area contributed by atoms with E-state index in [-0.39, 0.29) is 21.0 Å². The van der Waals surface area contributed by atoms with Crippen molar-refractivity contribution in [1.29, 1.82) is 0 Å². The van der Waals surface area contributed by atoms with Gasteiger partial charge in [0.05, 0.1) is 36.5 Å². The second-order valence-corrected chi connectivity index (χ2v) is 10.8. The number of benzene rings is 3. The fourth-order valence-electron chi connectivity index (χ4n) is 3.21. The minimum atomic E-state index is -1.49. The molecule has 1 atom stereocenters. The molecule has 0 spiro atoms. The van der Waals surface area contributed by atoms with Crippen molar-refractivity contribution in [3.8, 4) is 0 Å². The Morgan fingerprint density at radius 2 is 1.42 bits per heavy atom. The summed E-state index contributed by atoms with van der Waals surface area (Å²) in [7, 11) is 0. The summed E-state index contributed by atoms with van der Waals surface area (Å²) < 4.78 is 0. The molecule has 11 heteroatoms. The van der Waals surface area contributed by atoms with E-state index in [1.54, 1.807) is 31.2 Å². The van der Waals surface area contributed by atoms with E-state index in [0.29, 0.717) is 16.3 Å². The molecular formula is C25H20Cl4N2O4S. The molecule has 0 saturated carbocycles. The van der Waals surface area contributed by atoms with E-state index >= 15 is 0 Å². The van der Waals surface area contributed by atoms with Gasteiger partial charge in [-0.05, 0) is 62.2 Å². The van der Waals surface area contributed by atoms with E-state index in [2.05, 4.69) is 10.6 Å². The van der Waals surface area contributed by atoms with Gasteiger partial charge >= 0.3 is 5.97 Å². The van der Waals surface area contributed by atoms with E-state index < -0.39 is 33.3 Å². The number of carboxylic acid groups (broad SMARTS) is 1. The zero-order valence-corrected chi connectivity index (χ0v) is 23.1. The number of thioether (sulfide) groups is 1. The first kappa shape index (κ1) is 28.2. The number of hydrogen-bond acceptors (Lipinski definition) is 4. The van der Waals surface area contributed by atoms with Gasteiger partial charge in [0.25, 0.3) is 5.91 Å². The Bertz CT molecular complexity index is 1380. The first-order valence-corrected chi connectivity index (χ1v) is 12.8. The Kier molecular flexibility index (Phi) is 9.19. The molecular weight excluding hydrogens is 566 g/mol. The topological polar surface area (TPSA) is 95.5 Å². The van der Waals surface area contributed by atoms with Gasteiger partial charge in [-0.2, -0.15) is 0 Å². The van der Waals surface area contributed by atoms with E-state index in [9.17, 15) is 19.5 Å². The zero-order valence-electron chi connectivity index (χ0n) is 19.2. The average molecular weight is 586 g/mol. The Balaban J connectivity index is 1.78. The van der Waals surface area contributed by atoms with E-state index in [1.165, 1.54) is 11.8 Å². The molecule has 3 aromatic rings. The molecule has 3 N–H and O–H groups in total. The van der Waals surface area contributed by atoms with Crippen LogP contribution in [0.2, 0.25) is 20.1 Å². The van der Waals surface area contributed by atoms with Crippen molar-refractivity contribution in [3.63, 3.8) is 0 Å². The highest BCUT2D eigenvalue weighted by molar-refractivity contribution is 8.00. The number of nitrogens with one attached hydrogen (secondary N) is 2. The summed E-state index contributed by atoms with van der Waals surface area (Å²) in [5.41, 5.74) is 2.29. The quantitative estimate of drug-likeness (QED) is 0.148. The summed E-state index contributed by atoms with van der Waals surface area (Å²) in [4.78, 5) is 38.1. The molecule has 36 heavy (non-hydrogen) atoms. The van der Waals surface area contributed by atoms with Gasteiger partial charge in [-0.1, -0.05) is 58.5 Å². The first-order valence-electron chi connectivity index (χ1n) is 10.5. The van der Waals surface area contributed by atoms with Crippen LogP contribution in [0.1, 0.15) is 38.8 Å². The monoisotopic (exact) mass is 584 g/mol. The van der Waals surface area contributed by atoms with Crippen molar-refractivity contribution in [1.82, 2.24) is 0 Å². The molecule has 3 aromatic carbocycles. The molecule has 0 bridgehead atoms. The first-order chi connectivity index (χ1) is 16.9. The van der Waals surface area contributed by atoms with Gasteiger partial charge in [-0.25, -0.2) is 4.79 Å². The maximum absolute atomic E-state index is 13.0. The molecule has 0 aliphatic rings. The van der Waals surface area contributed by atoms with Crippen LogP contribution in [0.15, 0.2) is 47.4 Å². The highest BCUT2D eigenvalue weighted by Gasteiger charge is 2.29. The summed E-state index contributed by atoms with van der Waals surface area (Å²) in [6.45, 7) is 5.74. The van der Waals surface area contributed by atoms with Gasteiger partial charge in [0, 0.05) is 16.3 Å². The number of rotatable bonds is 7. The molecule has 0 radical (unpaired) electrons. The lowest BCUT2D eigenvalue weighted by atomic mass is 10.1. The zero-order chi connectivity index (χ0) is 26.7. The van der Waals surface area contributed by atoms with Crippen LogP contribution in [0, 0.1) is 13.8 Å². The number of carboxylic acids is 1. The van der Waals surface area contributed by atoms with Crippen LogP contribution in [0.5, 0.6) is 0 Å². The maximum Gasteiger partial charge on any atom is 0.338 e. The van der Waals surface area contributed by atoms with Crippen LogP contribution in [0.4, 0.5) is 11.4 Å². The summed E-state index contributed by atoms with van der Waals surface area (Å²) in [5.74, 6) is -2.50. The molecule has 0 saturated heterocycles. The number of anilines is 2. The van der Waals surface area contributed by atoms with E-state index in [0.717, 1.165) is 11.1 Å². The number of hydrogen-bond donors (Lipinski definition) is 3. The van der Waals surface area contributed by atoms with Gasteiger partial charge in [0.2, 0.25) is 5.91 Å². The SMILES string of the molecule is Cc1ccc(NC(=O)C(C)Sc2cccc(NC(=O)c3c(Cl)c(Cl)c(Cl)c(Cl)c3C(=O)O)c2)cc1C. The molecule has 0 fully saturated rings. The number of halogens is 4. The summed E-state index contributed by atoms with van der Waals surface area (Å²) in [5, 5.41) is 13.4. The van der Waals surface area contributed by atoms with Crippen molar-refractivity contribution in [2.75, 3.05) is 10.6 Å². The lowest BCUT2D eigenvalue weighted by molar-refractivity contribution is -0.115. The molecule has 1 unspecified atom stereocenters. The third-order valence-electron chi connectivity index (χ3n) is 5.26. The molecule has 3 rings (SSSR count). The lowest BCUT2D eigenvalue weighted by Crippen LogP contribution is -2.22. The Morgan fingerprint density at radius 3 is 2.03 bits per heavy atom. The van der Waals surface area contributed by atoms with Gasteiger partial charge in [-0.15, -0.1) is 11.8 Å². The molecule has 2 amide bonds. The normalized spacial score (nSPS) is 11.6. The molecule has 0 aliphatic heterocycles. The van der Waals surface area contributed by atoms with Crippen molar-refractivity contribution < 1.29 is 19.5 Å². The van der Waals surface area contributed by atoms with Crippen LogP contribution in [-0.4, -0.2) is 28.1 Å². The Hall–Kier alpha value is -2.42.